The first-order chi connectivity index (χ1) is 9.08. The second-order valence-corrected chi connectivity index (χ2v) is 5.69. The number of halogens is 1. The number of rotatable bonds is 3. The maximum Gasteiger partial charge on any atom is 0.194 e. The van der Waals surface area contributed by atoms with Gasteiger partial charge in [-0.1, -0.05) is 13.8 Å². The number of aryl methyl sites for hydroxylation is 1. The molecule has 1 unspecified atom stereocenters. The number of likely N-dealkylation sites (tertiary alicyclic amines) is 1. The van der Waals surface area contributed by atoms with Crippen molar-refractivity contribution in [2.24, 2.45) is 17.5 Å². The molecule has 2 heterocycles. The number of aromatic nitrogens is 2. The Morgan fingerprint density at radius 2 is 2.30 bits per heavy atom. The zero-order chi connectivity index (χ0) is 13.9. The molecule has 0 bridgehead atoms. The van der Waals surface area contributed by atoms with Crippen LogP contribution < -0.4 is 5.32 Å². The SMILES string of the molecule is CCC1(C)CCN(C(=NC)NCc2nccn2C)C1.I. The van der Waals surface area contributed by atoms with Crippen LogP contribution in [0.4, 0.5) is 0 Å². The average Bonchev–Trinajstić information content (AvgIpc) is 2.98. The minimum Gasteiger partial charge on any atom is -0.349 e. The summed E-state index contributed by atoms with van der Waals surface area (Å²) in [5.41, 5.74) is 0.431. The van der Waals surface area contributed by atoms with Gasteiger partial charge in [0.1, 0.15) is 5.82 Å². The van der Waals surface area contributed by atoms with Gasteiger partial charge in [0.05, 0.1) is 6.54 Å². The lowest BCUT2D eigenvalue weighted by Crippen LogP contribution is -2.40. The van der Waals surface area contributed by atoms with Crippen LogP contribution in [0.15, 0.2) is 17.4 Å². The summed E-state index contributed by atoms with van der Waals surface area (Å²) in [6.07, 6.45) is 6.25. The topological polar surface area (TPSA) is 45.4 Å². The molecule has 0 aromatic carbocycles. The fourth-order valence-corrected chi connectivity index (χ4v) is 2.55. The molecule has 1 N–H and O–H groups in total. The third-order valence-corrected chi connectivity index (χ3v) is 4.25. The van der Waals surface area contributed by atoms with E-state index < -0.39 is 0 Å². The van der Waals surface area contributed by atoms with Gasteiger partial charge in [0.15, 0.2) is 5.96 Å². The number of hydrogen-bond donors (Lipinski definition) is 1. The van der Waals surface area contributed by atoms with Gasteiger partial charge >= 0.3 is 0 Å². The minimum absolute atomic E-state index is 0. The third-order valence-electron chi connectivity index (χ3n) is 4.25. The Labute approximate surface area is 138 Å². The molecule has 0 amide bonds. The van der Waals surface area contributed by atoms with Crippen molar-refractivity contribution < 1.29 is 0 Å². The van der Waals surface area contributed by atoms with Crippen molar-refractivity contribution in [2.75, 3.05) is 20.1 Å². The fourth-order valence-electron chi connectivity index (χ4n) is 2.55. The molecule has 1 aromatic heterocycles. The van der Waals surface area contributed by atoms with Crippen molar-refractivity contribution in [3.63, 3.8) is 0 Å². The standard InChI is InChI=1S/C14H25N5.HI/c1-5-14(2)6-8-19(11-14)13(15-3)17-10-12-16-7-9-18(12)4;/h7,9H,5-6,8,10-11H2,1-4H3,(H,15,17);1H. The Morgan fingerprint density at radius 3 is 2.80 bits per heavy atom. The average molecular weight is 391 g/mol. The molecule has 0 aliphatic carbocycles. The zero-order valence-corrected chi connectivity index (χ0v) is 15.2. The van der Waals surface area contributed by atoms with E-state index in [-0.39, 0.29) is 24.0 Å². The number of imidazole rings is 1. The maximum atomic E-state index is 4.39. The summed E-state index contributed by atoms with van der Waals surface area (Å²) >= 11 is 0. The van der Waals surface area contributed by atoms with E-state index in [1.165, 1.54) is 12.8 Å². The van der Waals surface area contributed by atoms with Crippen molar-refractivity contribution in [2.45, 2.75) is 33.2 Å². The Morgan fingerprint density at radius 1 is 1.55 bits per heavy atom. The van der Waals surface area contributed by atoms with E-state index in [2.05, 4.69) is 34.0 Å². The monoisotopic (exact) mass is 391 g/mol. The van der Waals surface area contributed by atoms with Crippen LogP contribution in [0.2, 0.25) is 0 Å². The van der Waals surface area contributed by atoms with Gasteiger partial charge < -0.3 is 14.8 Å². The molecule has 1 saturated heterocycles. The van der Waals surface area contributed by atoms with Gasteiger partial charge in [-0.05, 0) is 18.3 Å². The first-order valence-electron chi connectivity index (χ1n) is 7.00. The zero-order valence-electron chi connectivity index (χ0n) is 12.9. The molecule has 0 spiro atoms. The van der Waals surface area contributed by atoms with Crippen molar-refractivity contribution in [1.29, 1.82) is 0 Å². The molecule has 1 aliphatic rings. The molecular weight excluding hydrogens is 365 g/mol. The second-order valence-electron chi connectivity index (χ2n) is 5.69. The second kappa shape index (κ2) is 7.28. The van der Waals surface area contributed by atoms with Gasteiger partial charge in [-0.25, -0.2) is 4.98 Å². The van der Waals surface area contributed by atoms with Gasteiger partial charge in [-0.3, -0.25) is 4.99 Å². The van der Waals surface area contributed by atoms with E-state index in [1.54, 1.807) is 0 Å². The van der Waals surface area contributed by atoms with Crippen molar-refractivity contribution in [1.82, 2.24) is 19.8 Å². The number of guanidine groups is 1. The summed E-state index contributed by atoms with van der Waals surface area (Å²) in [7, 11) is 3.86. The van der Waals surface area contributed by atoms with Crippen LogP contribution in [0, 0.1) is 5.41 Å². The van der Waals surface area contributed by atoms with E-state index in [0.717, 1.165) is 31.4 Å². The predicted molar refractivity (Wildman–Crippen MR) is 93.4 cm³/mol. The van der Waals surface area contributed by atoms with Crippen LogP contribution in [0.5, 0.6) is 0 Å². The van der Waals surface area contributed by atoms with Crippen LogP contribution in [0.1, 0.15) is 32.5 Å². The lowest BCUT2D eigenvalue weighted by Gasteiger charge is -2.25. The van der Waals surface area contributed by atoms with Crippen LogP contribution in [-0.4, -0.2) is 40.5 Å². The summed E-state index contributed by atoms with van der Waals surface area (Å²) in [6, 6.07) is 0. The molecule has 0 radical (unpaired) electrons. The van der Waals surface area contributed by atoms with Crippen molar-refractivity contribution >= 4 is 29.9 Å². The number of nitrogens with one attached hydrogen (secondary N) is 1. The summed E-state index contributed by atoms with van der Waals surface area (Å²) in [5, 5.41) is 3.41. The van der Waals surface area contributed by atoms with E-state index in [4.69, 9.17) is 0 Å². The number of nitrogens with zero attached hydrogens (tertiary/aromatic N) is 4. The molecular formula is C14H26IN5. The Balaban J connectivity index is 0.00000200. The van der Waals surface area contributed by atoms with Gasteiger partial charge in [-0.15, -0.1) is 24.0 Å². The first kappa shape index (κ1) is 17.3. The van der Waals surface area contributed by atoms with E-state index in [0.29, 0.717) is 5.41 Å². The number of aliphatic imine (C=N–C) groups is 1. The first-order valence-corrected chi connectivity index (χ1v) is 7.00. The molecule has 2 rings (SSSR count). The highest BCUT2D eigenvalue weighted by Gasteiger charge is 2.33. The molecule has 1 aliphatic heterocycles. The highest BCUT2D eigenvalue weighted by molar-refractivity contribution is 14.0. The van der Waals surface area contributed by atoms with Gasteiger partial charge in [0.2, 0.25) is 0 Å². The molecule has 5 nitrogen and oxygen atoms in total. The molecule has 20 heavy (non-hydrogen) atoms. The van der Waals surface area contributed by atoms with Crippen molar-refractivity contribution in [3.05, 3.63) is 18.2 Å². The van der Waals surface area contributed by atoms with Crippen LogP contribution >= 0.6 is 24.0 Å². The van der Waals surface area contributed by atoms with Crippen molar-refractivity contribution in [3.8, 4) is 0 Å². The lowest BCUT2D eigenvalue weighted by molar-refractivity contribution is 0.322. The van der Waals surface area contributed by atoms with Gasteiger partial charge in [0.25, 0.3) is 0 Å². The Hall–Kier alpha value is -0.790. The normalized spacial score (nSPS) is 22.8. The molecule has 1 aromatic rings. The third kappa shape index (κ3) is 3.86. The molecule has 0 saturated carbocycles. The maximum absolute atomic E-state index is 4.39. The van der Waals surface area contributed by atoms with Crippen LogP contribution in [0.25, 0.3) is 0 Å². The largest absolute Gasteiger partial charge is 0.349 e. The predicted octanol–water partition coefficient (Wildman–Crippen LogP) is 2.24. The fraction of sp³-hybridized carbons (Fsp3) is 0.714. The van der Waals surface area contributed by atoms with E-state index >= 15 is 0 Å². The quantitative estimate of drug-likeness (QED) is 0.489. The smallest absolute Gasteiger partial charge is 0.194 e. The highest BCUT2D eigenvalue weighted by atomic mass is 127. The summed E-state index contributed by atoms with van der Waals surface area (Å²) in [6.45, 7) is 7.52. The van der Waals surface area contributed by atoms with Crippen LogP contribution in [-0.2, 0) is 13.6 Å². The summed E-state index contributed by atoms with van der Waals surface area (Å²) in [5.74, 6) is 2.01. The molecule has 1 fully saturated rings. The molecule has 6 heteroatoms. The number of hydrogen-bond acceptors (Lipinski definition) is 2. The summed E-state index contributed by atoms with van der Waals surface area (Å²) < 4.78 is 2.03. The Bertz CT molecular complexity index is 456. The van der Waals surface area contributed by atoms with E-state index in [9.17, 15) is 0 Å². The summed E-state index contributed by atoms with van der Waals surface area (Å²) in [4.78, 5) is 11.1. The highest BCUT2D eigenvalue weighted by Crippen LogP contribution is 2.32. The molecule has 1 atom stereocenters. The Kier molecular flexibility index (Phi) is 6.29. The van der Waals surface area contributed by atoms with Gasteiger partial charge in [-0.2, -0.15) is 0 Å². The van der Waals surface area contributed by atoms with E-state index in [1.807, 2.05) is 31.1 Å². The molecule has 114 valence electrons. The minimum atomic E-state index is 0. The van der Waals surface area contributed by atoms with Gasteiger partial charge in [0, 0.05) is 39.6 Å². The van der Waals surface area contributed by atoms with Crippen LogP contribution in [0.3, 0.4) is 0 Å². The lowest BCUT2D eigenvalue weighted by atomic mass is 9.87.